The summed E-state index contributed by atoms with van der Waals surface area (Å²) in [4.78, 5) is 3.17. The molecule has 0 fully saturated rings. The highest BCUT2D eigenvalue weighted by molar-refractivity contribution is 9.10. The minimum atomic E-state index is -4.68. The number of rotatable bonds is 2. The van der Waals surface area contributed by atoms with E-state index >= 15 is 0 Å². The Kier molecular flexibility index (Phi) is 3.41. The number of aromatic nitrogens is 1. The second-order valence-electron chi connectivity index (χ2n) is 4.49. The molecule has 3 aromatic rings. The first-order valence-corrected chi connectivity index (χ1v) is 6.84. The molecule has 0 radical (unpaired) electrons. The lowest BCUT2D eigenvalue weighted by Gasteiger charge is -2.08. The van der Waals surface area contributed by atoms with Crippen LogP contribution < -0.4 is 4.74 Å². The second-order valence-corrected chi connectivity index (χ2v) is 5.41. The minimum Gasteiger partial charge on any atom is -0.406 e. The highest BCUT2D eigenvalue weighted by Gasteiger charge is 2.31. The molecule has 0 unspecified atom stereocenters. The van der Waals surface area contributed by atoms with Crippen molar-refractivity contribution in [3.05, 3.63) is 53.0 Å². The van der Waals surface area contributed by atoms with E-state index < -0.39 is 6.36 Å². The molecular weight excluding hydrogens is 347 g/mol. The van der Waals surface area contributed by atoms with Crippen LogP contribution in [-0.2, 0) is 0 Å². The first-order valence-electron chi connectivity index (χ1n) is 6.05. The van der Waals surface area contributed by atoms with Gasteiger partial charge in [0.05, 0.1) is 0 Å². The van der Waals surface area contributed by atoms with E-state index in [4.69, 9.17) is 0 Å². The van der Waals surface area contributed by atoms with Crippen molar-refractivity contribution in [1.82, 2.24) is 4.98 Å². The van der Waals surface area contributed by atoms with Crippen LogP contribution in [0.3, 0.4) is 0 Å². The third-order valence-corrected chi connectivity index (χ3v) is 3.45. The molecular formula is C15H9BrF3NO. The van der Waals surface area contributed by atoms with Crippen molar-refractivity contribution in [2.75, 3.05) is 0 Å². The van der Waals surface area contributed by atoms with E-state index in [1.54, 1.807) is 12.1 Å². The van der Waals surface area contributed by atoms with Crippen LogP contribution in [0.25, 0.3) is 22.2 Å². The maximum atomic E-state index is 12.2. The van der Waals surface area contributed by atoms with Gasteiger partial charge in [0.1, 0.15) is 5.75 Å². The van der Waals surface area contributed by atoms with Crippen molar-refractivity contribution in [3.8, 4) is 17.0 Å². The van der Waals surface area contributed by atoms with Crippen molar-refractivity contribution in [1.29, 1.82) is 0 Å². The van der Waals surface area contributed by atoms with Gasteiger partial charge in [-0.15, -0.1) is 13.2 Å². The third-order valence-electron chi connectivity index (χ3n) is 2.96. The van der Waals surface area contributed by atoms with E-state index in [-0.39, 0.29) is 5.75 Å². The fourth-order valence-corrected chi connectivity index (χ4v) is 2.52. The highest BCUT2D eigenvalue weighted by atomic mass is 79.9. The predicted octanol–water partition coefficient (Wildman–Crippen LogP) is 5.50. The molecule has 0 bridgehead atoms. The Labute approximate surface area is 126 Å². The van der Waals surface area contributed by atoms with Crippen LogP contribution in [0, 0.1) is 0 Å². The van der Waals surface area contributed by atoms with Gasteiger partial charge in [-0.3, -0.25) is 0 Å². The molecule has 108 valence electrons. The van der Waals surface area contributed by atoms with Gasteiger partial charge in [-0.05, 0) is 42.0 Å². The van der Waals surface area contributed by atoms with E-state index in [0.29, 0.717) is 5.39 Å². The molecule has 2 nitrogen and oxygen atoms in total. The molecule has 1 N–H and O–H groups in total. The fraction of sp³-hybridized carbons (Fsp3) is 0.0667. The number of H-pyrrole nitrogens is 1. The molecule has 0 atom stereocenters. The molecule has 0 saturated heterocycles. The van der Waals surface area contributed by atoms with Crippen LogP contribution in [0.1, 0.15) is 0 Å². The number of nitrogens with one attached hydrogen (secondary N) is 1. The quantitative estimate of drug-likeness (QED) is 0.645. The number of aromatic amines is 1. The topological polar surface area (TPSA) is 25.0 Å². The lowest BCUT2D eigenvalue weighted by molar-refractivity contribution is -0.274. The number of hydrogen-bond acceptors (Lipinski definition) is 1. The maximum Gasteiger partial charge on any atom is 0.573 e. The Balaban J connectivity index is 2.00. The van der Waals surface area contributed by atoms with Crippen LogP contribution in [0.5, 0.6) is 5.75 Å². The Morgan fingerprint density at radius 3 is 2.52 bits per heavy atom. The van der Waals surface area contributed by atoms with Crippen molar-refractivity contribution in [2.45, 2.75) is 6.36 Å². The maximum absolute atomic E-state index is 12.2. The van der Waals surface area contributed by atoms with Gasteiger partial charge in [0, 0.05) is 21.1 Å². The normalized spacial score (nSPS) is 11.8. The predicted molar refractivity (Wildman–Crippen MR) is 78.1 cm³/mol. The molecule has 1 aromatic heterocycles. The van der Waals surface area contributed by atoms with Crippen LogP contribution in [0.4, 0.5) is 13.2 Å². The fourth-order valence-electron chi connectivity index (χ4n) is 2.12. The summed E-state index contributed by atoms with van der Waals surface area (Å²) in [5, 5.41) is 0.659. The van der Waals surface area contributed by atoms with E-state index in [9.17, 15) is 13.2 Å². The standard InChI is InChI=1S/C15H9BrF3NO/c16-11-3-1-2-9(6-11)14-8-10-7-12(21-15(17,18)19)4-5-13(10)20-14/h1-8,20H. The van der Waals surface area contributed by atoms with E-state index in [1.165, 1.54) is 12.1 Å². The third kappa shape index (κ3) is 3.21. The van der Waals surface area contributed by atoms with Crippen molar-refractivity contribution < 1.29 is 17.9 Å². The van der Waals surface area contributed by atoms with Gasteiger partial charge in [-0.25, -0.2) is 0 Å². The van der Waals surface area contributed by atoms with Gasteiger partial charge in [-0.2, -0.15) is 0 Å². The number of alkyl halides is 3. The summed E-state index contributed by atoms with van der Waals surface area (Å²) in [7, 11) is 0. The van der Waals surface area contributed by atoms with Crippen molar-refractivity contribution in [2.24, 2.45) is 0 Å². The summed E-state index contributed by atoms with van der Waals surface area (Å²) in [6.07, 6.45) is -4.68. The summed E-state index contributed by atoms with van der Waals surface area (Å²) in [5.41, 5.74) is 2.52. The van der Waals surface area contributed by atoms with Gasteiger partial charge in [0.2, 0.25) is 0 Å². The van der Waals surface area contributed by atoms with Crippen molar-refractivity contribution >= 4 is 26.8 Å². The first-order chi connectivity index (χ1) is 9.90. The van der Waals surface area contributed by atoms with Gasteiger partial charge in [-0.1, -0.05) is 28.1 Å². The Morgan fingerprint density at radius 1 is 1.00 bits per heavy atom. The Bertz CT molecular complexity index is 795. The zero-order chi connectivity index (χ0) is 15.0. The monoisotopic (exact) mass is 355 g/mol. The molecule has 0 saturated carbocycles. The molecule has 1 heterocycles. The van der Waals surface area contributed by atoms with Gasteiger partial charge < -0.3 is 9.72 Å². The number of ether oxygens (including phenoxy) is 1. The van der Waals surface area contributed by atoms with E-state index in [1.807, 2.05) is 24.3 Å². The van der Waals surface area contributed by atoms with Gasteiger partial charge >= 0.3 is 6.36 Å². The van der Waals surface area contributed by atoms with E-state index in [2.05, 4.69) is 25.7 Å². The number of hydrogen-bond donors (Lipinski definition) is 1. The largest absolute Gasteiger partial charge is 0.573 e. The van der Waals surface area contributed by atoms with Crippen LogP contribution in [-0.4, -0.2) is 11.3 Å². The molecule has 2 aromatic carbocycles. The molecule has 0 spiro atoms. The van der Waals surface area contributed by atoms with Crippen molar-refractivity contribution in [3.63, 3.8) is 0 Å². The SMILES string of the molecule is FC(F)(F)Oc1ccc2[nH]c(-c3cccc(Br)c3)cc2c1. The van der Waals surface area contributed by atoms with Crippen LogP contribution >= 0.6 is 15.9 Å². The summed E-state index contributed by atoms with van der Waals surface area (Å²) in [5.74, 6) is -0.227. The lowest BCUT2D eigenvalue weighted by Crippen LogP contribution is -2.16. The average Bonchev–Trinajstić information content (AvgIpc) is 2.80. The zero-order valence-corrected chi connectivity index (χ0v) is 12.1. The number of halogens is 4. The smallest absolute Gasteiger partial charge is 0.406 e. The van der Waals surface area contributed by atoms with Crippen LogP contribution in [0.15, 0.2) is 53.0 Å². The van der Waals surface area contributed by atoms with Gasteiger partial charge in [0.15, 0.2) is 0 Å². The summed E-state index contributed by atoms with van der Waals surface area (Å²) in [6.45, 7) is 0. The first kappa shape index (κ1) is 14.0. The van der Waals surface area contributed by atoms with Gasteiger partial charge in [0.25, 0.3) is 0 Å². The molecule has 0 aliphatic rings. The van der Waals surface area contributed by atoms with Crippen LogP contribution in [0.2, 0.25) is 0 Å². The molecule has 0 amide bonds. The Hall–Kier alpha value is -1.95. The summed E-state index contributed by atoms with van der Waals surface area (Å²) < 4.78 is 41.5. The molecule has 0 aliphatic carbocycles. The summed E-state index contributed by atoms with van der Waals surface area (Å²) in [6, 6.07) is 13.7. The lowest BCUT2D eigenvalue weighted by atomic mass is 10.1. The number of benzene rings is 2. The molecule has 21 heavy (non-hydrogen) atoms. The van der Waals surface area contributed by atoms with E-state index in [0.717, 1.165) is 21.2 Å². The molecule has 3 rings (SSSR count). The zero-order valence-electron chi connectivity index (χ0n) is 10.5. The highest BCUT2D eigenvalue weighted by Crippen LogP contribution is 2.30. The average molecular weight is 356 g/mol. The molecule has 0 aliphatic heterocycles. The Morgan fingerprint density at radius 2 is 1.81 bits per heavy atom. The number of fused-ring (bicyclic) bond motifs is 1. The summed E-state index contributed by atoms with van der Waals surface area (Å²) >= 11 is 3.39. The minimum absolute atomic E-state index is 0.227. The molecule has 6 heteroatoms. The second kappa shape index (κ2) is 5.11.